The summed E-state index contributed by atoms with van der Waals surface area (Å²) in [5, 5.41) is 0.550. The highest BCUT2D eigenvalue weighted by Gasteiger charge is 2.18. The fraction of sp³-hybridized carbons (Fsp3) is 0.294. The van der Waals surface area contributed by atoms with Crippen LogP contribution >= 0.6 is 0 Å². The number of hydrogen-bond acceptors (Lipinski definition) is 3. The van der Waals surface area contributed by atoms with Crippen LogP contribution < -0.4 is 17.0 Å². The number of benzene rings is 1. The molecule has 1 aromatic carbocycles. The van der Waals surface area contributed by atoms with E-state index in [0.717, 1.165) is 21.4 Å². The fourth-order valence-electron chi connectivity index (χ4n) is 3.01. The van der Waals surface area contributed by atoms with E-state index < -0.39 is 0 Å². The van der Waals surface area contributed by atoms with Crippen LogP contribution in [0.25, 0.3) is 22.2 Å². The average Bonchev–Trinajstić information content (AvgIpc) is 2.91. The Labute approximate surface area is 133 Å². The van der Waals surface area contributed by atoms with E-state index in [1.165, 1.54) is 11.6 Å². The van der Waals surface area contributed by atoms with Gasteiger partial charge in [0, 0.05) is 33.4 Å². The molecule has 23 heavy (non-hydrogen) atoms. The largest absolute Gasteiger partial charge is 0.343 e. The highest BCUT2D eigenvalue weighted by molar-refractivity contribution is 5.93. The van der Waals surface area contributed by atoms with Gasteiger partial charge in [-0.15, -0.1) is 0 Å². The van der Waals surface area contributed by atoms with E-state index in [1.54, 1.807) is 7.05 Å². The Morgan fingerprint density at radius 2 is 1.87 bits per heavy atom. The molecule has 2 N–H and O–H groups in total. The summed E-state index contributed by atoms with van der Waals surface area (Å²) in [4.78, 5) is 24.9. The topological polar surface area (TPSA) is 75.0 Å². The number of nitrogens with two attached hydrogens (primary N) is 1. The van der Waals surface area contributed by atoms with Crippen LogP contribution in [0.2, 0.25) is 0 Å². The first-order chi connectivity index (χ1) is 11.0. The van der Waals surface area contributed by atoms with Crippen molar-refractivity contribution in [2.24, 2.45) is 19.8 Å². The molecule has 0 amide bonds. The van der Waals surface area contributed by atoms with Crippen LogP contribution in [0.1, 0.15) is 5.56 Å². The van der Waals surface area contributed by atoms with Gasteiger partial charge in [-0.1, -0.05) is 23.8 Å². The minimum Gasteiger partial charge on any atom is -0.343 e. The molecule has 3 rings (SSSR count). The van der Waals surface area contributed by atoms with Crippen molar-refractivity contribution in [2.75, 3.05) is 6.54 Å². The van der Waals surface area contributed by atoms with Crippen molar-refractivity contribution >= 4 is 10.9 Å². The lowest BCUT2D eigenvalue weighted by atomic mass is 10.1. The summed E-state index contributed by atoms with van der Waals surface area (Å²) in [6, 6.07) is 7.98. The lowest BCUT2D eigenvalue weighted by Gasteiger charge is -2.09. The monoisotopic (exact) mass is 312 g/mol. The van der Waals surface area contributed by atoms with Gasteiger partial charge in [0.25, 0.3) is 5.56 Å². The van der Waals surface area contributed by atoms with Gasteiger partial charge in [-0.2, -0.15) is 0 Å². The van der Waals surface area contributed by atoms with Crippen LogP contribution in [0.3, 0.4) is 0 Å². The Morgan fingerprint density at radius 1 is 1.13 bits per heavy atom. The molecule has 0 radical (unpaired) electrons. The van der Waals surface area contributed by atoms with Crippen LogP contribution in [-0.4, -0.2) is 20.2 Å². The Balaban J connectivity index is 2.51. The zero-order valence-electron chi connectivity index (χ0n) is 13.5. The molecule has 0 aliphatic heterocycles. The normalized spacial score (nSPS) is 11.3. The number of rotatable bonds is 3. The molecule has 120 valence electrons. The predicted molar refractivity (Wildman–Crippen MR) is 91.6 cm³/mol. The lowest BCUT2D eigenvalue weighted by Crippen LogP contribution is -2.36. The van der Waals surface area contributed by atoms with Crippen molar-refractivity contribution in [3.8, 4) is 11.3 Å². The highest BCUT2D eigenvalue weighted by atomic mass is 16.2. The Kier molecular flexibility index (Phi) is 3.69. The molecule has 0 fully saturated rings. The molecule has 0 saturated carbocycles. The third kappa shape index (κ3) is 2.31. The van der Waals surface area contributed by atoms with E-state index in [1.807, 2.05) is 42.0 Å². The number of aromatic nitrogens is 3. The third-order valence-corrected chi connectivity index (χ3v) is 4.17. The molecule has 0 unspecified atom stereocenters. The van der Waals surface area contributed by atoms with E-state index >= 15 is 0 Å². The van der Waals surface area contributed by atoms with Gasteiger partial charge in [0.15, 0.2) is 0 Å². The van der Waals surface area contributed by atoms with Gasteiger partial charge in [0.1, 0.15) is 0 Å². The van der Waals surface area contributed by atoms with Crippen molar-refractivity contribution < 1.29 is 0 Å². The molecular weight excluding hydrogens is 292 g/mol. The predicted octanol–water partition coefficient (Wildman–Crippen LogP) is 0.973. The maximum absolute atomic E-state index is 12.7. The fourth-order valence-corrected chi connectivity index (χ4v) is 3.01. The van der Waals surface area contributed by atoms with Crippen molar-refractivity contribution in [3.63, 3.8) is 0 Å². The highest BCUT2D eigenvalue weighted by Crippen LogP contribution is 2.28. The quantitative estimate of drug-likeness (QED) is 0.783. The summed E-state index contributed by atoms with van der Waals surface area (Å²) in [6.07, 6.45) is 1.84. The van der Waals surface area contributed by atoms with E-state index in [2.05, 4.69) is 0 Å². The molecule has 3 aromatic rings. The summed E-state index contributed by atoms with van der Waals surface area (Å²) < 4.78 is 4.61. The molecule has 0 bridgehead atoms. The molecule has 2 heterocycles. The number of hydrogen-bond donors (Lipinski definition) is 1. The molecule has 0 aliphatic carbocycles. The Hall–Kier alpha value is -2.60. The van der Waals surface area contributed by atoms with Crippen molar-refractivity contribution in [3.05, 3.63) is 56.9 Å². The van der Waals surface area contributed by atoms with Gasteiger partial charge in [-0.25, -0.2) is 4.79 Å². The Morgan fingerprint density at radius 3 is 2.52 bits per heavy atom. The van der Waals surface area contributed by atoms with E-state index in [9.17, 15) is 9.59 Å². The van der Waals surface area contributed by atoms with Gasteiger partial charge < -0.3 is 10.3 Å². The number of fused-ring (bicyclic) bond motifs is 1. The summed E-state index contributed by atoms with van der Waals surface area (Å²) in [5.41, 5.74) is 8.61. The Bertz CT molecular complexity index is 1010. The van der Waals surface area contributed by atoms with Gasteiger partial charge >= 0.3 is 5.69 Å². The third-order valence-electron chi connectivity index (χ3n) is 4.17. The SMILES string of the molecule is Cc1cccc(-c2c3c(=O)n(C)c(=O)n(C)c3cn2CCN)c1. The standard InChI is InChI=1S/C17H20N4O2/c1-11-5-4-6-12(9-11)15-14-13(10-21(15)8-7-18)19(2)17(23)20(3)16(14)22/h4-6,9-10H,7-8,18H2,1-3H3. The molecule has 2 aromatic heterocycles. The van der Waals surface area contributed by atoms with Crippen LogP contribution in [0.15, 0.2) is 40.1 Å². The number of nitrogens with zero attached hydrogens (tertiary/aromatic N) is 3. The number of aryl methyl sites for hydroxylation is 2. The maximum atomic E-state index is 12.7. The first kappa shape index (κ1) is 15.3. The van der Waals surface area contributed by atoms with Crippen LogP contribution in [0.5, 0.6) is 0 Å². The minimum atomic E-state index is -0.330. The minimum absolute atomic E-state index is 0.282. The summed E-state index contributed by atoms with van der Waals surface area (Å²) >= 11 is 0. The van der Waals surface area contributed by atoms with Gasteiger partial charge in [0.05, 0.1) is 16.6 Å². The van der Waals surface area contributed by atoms with Gasteiger partial charge in [0.2, 0.25) is 0 Å². The first-order valence-corrected chi connectivity index (χ1v) is 7.51. The first-order valence-electron chi connectivity index (χ1n) is 7.51. The lowest BCUT2D eigenvalue weighted by molar-refractivity contribution is 0.710. The smallest absolute Gasteiger partial charge is 0.330 e. The van der Waals surface area contributed by atoms with Crippen LogP contribution in [-0.2, 0) is 20.6 Å². The second-order valence-electron chi connectivity index (χ2n) is 5.80. The summed E-state index contributed by atoms with van der Waals surface area (Å²) in [5.74, 6) is 0. The molecule has 6 nitrogen and oxygen atoms in total. The van der Waals surface area contributed by atoms with Crippen molar-refractivity contribution in [1.29, 1.82) is 0 Å². The van der Waals surface area contributed by atoms with Crippen LogP contribution in [0.4, 0.5) is 0 Å². The maximum Gasteiger partial charge on any atom is 0.330 e. The molecule has 0 atom stereocenters. The van der Waals surface area contributed by atoms with Crippen molar-refractivity contribution in [2.45, 2.75) is 13.5 Å². The van der Waals surface area contributed by atoms with E-state index in [4.69, 9.17) is 5.73 Å². The molecule has 0 aliphatic rings. The average molecular weight is 312 g/mol. The van der Waals surface area contributed by atoms with Crippen molar-refractivity contribution in [1.82, 2.24) is 13.7 Å². The van der Waals surface area contributed by atoms with E-state index in [0.29, 0.717) is 24.0 Å². The van der Waals surface area contributed by atoms with Gasteiger partial charge in [-0.05, 0) is 18.6 Å². The molecular formula is C17H20N4O2. The molecule has 0 spiro atoms. The summed E-state index contributed by atoms with van der Waals surface area (Å²) in [6.45, 7) is 3.04. The zero-order valence-corrected chi connectivity index (χ0v) is 13.5. The summed E-state index contributed by atoms with van der Waals surface area (Å²) in [7, 11) is 3.18. The molecule has 6 heteroatoms. The van der Waals surface area contributed by atoms with E-state index in [-0.39, 0.29) is 11.2 Å². The molecule has 0 saturated heterocycles. The van der Waals surface area contributed by atoms with Gasteiger partial charge in [-0.3, -0.25) is 13.9 Å². The second-order valence-corrected chi connectivity index (χ2v) is 5.80. The second kappa shape index (κ2) is 5.55. The van der Waals surface area contributed by atoms with Crippen LogP contribution in [0, 0.1) is 6.92 Å². The zero-order chi connectivity index (χ0) is 16.7.